The Kier molecular flexibility index (Phi) is 3.00. The van der Waals surface area contributed by atoms with E-state index in [0.717, 1.165) is 25.9 Å². The molecule has 1 aliphatic rings. The van der Waals surface area contributed by atoms with Crippen molar-refractivity contribution in [3.8, 4) is 0 Å². The molecule has 1 heterocycles. The predicted molar refractivity (Wildman–Crippen MR) is 41.3 cm³/mol. The zero-order chi connectivity index (χ0) is 7.40. The van der Waals surface area contributed by atoms with E-state index in [2.05, 4.69) is 0 Å². The molecule has 0 aromatic carbocycles. The van der Waals surface area contributed by atoms with Crippen LogP contribution in [0.1, 0.15) is 25.7 Å². The number of nitrogens with zero attached hydrogens (tertiary/aromatic N) is 1. The number of carbonyl (C=O) groups excluding carboxylic acids is 1. The molecule has 0 aromatic heterocycles. The number of amides is 1. The normalized spacial score (nSPS) is 20.3. The van der Waals surface area contributed by atoms with Gasteiger partial charge >= 0.3 is 5.37 Å². The molecule has 10 heavy (non-hydrogen) atoms. The van der Waals surface area contributed by atoms with Crippen LogP contribution in [0.3, 0.4) is 0 Å². The molecule has 0 spiro atoms. The molecule has 0 aromatic rings. The zero-order valence-electron chi connectivity index (χ0n) is 5.98. The molecule has 0 aliphatic carbocycles. The number of carbonyl (C=O) groups is 1. The first kappa shape index (κ1) is 7.86. The van der Waals surface area contributed by atoms with Gasteiger partial charge in [0.2, 0.25) is 0 Å². The van der Waals surface area contributed by atoms with Gasteiger partial charge in [0.25, 0.3) is 0 Å². The highest BCUT2D eigenvalue weighted by Gasteiger charge is 2.11. The first-order valence-electron chi connectivity index (χ1n) is 3.75. The molecule has 1 amide bonds. The van der Waals surface area contributed by atoms with Crippen molar-refractivity contribution in [1.82, 2.24) is 4.90 Å². The Hall–Kier alpha value is -0.240. The summed E-state index contributed by atoms with van der Waals surface area (Å²) in [5, 5.41) is -0.290. The van der Waals surface area contributed by atoms with Gasteiger partial charge in [0, 0.05) is 13.1 Å². The molecule has 0 saturated carbocycles. The molecule has 2 nitrogen and oxygen atoms in total. The van der Waals surface area contributed by atoms with E-state index >= 15 is 0 Å². The number of rotatable bonds is 0. The summed E-state index contributed by atoms with van der Waals surface area (Å²) in [7, 11) is 0. The number of likely N-dealkylation sites (tertiary alicyclic amines) is 1. The summed E-state index contributed by atoms with van der Waals surface area (Å²) in [6.45, 7) is 1.70. The van der Waals surface area contributed by atoms with Crippen molar-refractivity contribution in [1.29, 1.82) is 0 Å². The minimum atomic E-state index is -0.290. The summed E-state index contributed by atoms with van der Waals surface area (Å²) in [6, 6.07) is 0. The summed E-state index contributed by atoms with van der Waals surface area (Å²) < 4.78 is 0. The largest absolute Gasteiger partial charge is 0.329 e. The van der Waals surface area contributed by atoms with Crippen LogP contribution in [0.25, 0.3) is 0 Å². The predicted octanol–water partition coefficient (Wildman–Crippen LogP) is 2.22. The van der Waals surface area contributed by atoms with E-state index < -0.39 is 0 Å². The fourth-order valence-electron chi connectivity index (χ4n) is 1.25. The molecule has 1 aliphatic heterocycles. The lowest BCUT2D eigenvalue weighted by molar-refractivity contribution is 0.224. The minimum Gasteiger partial charge on any atom is -0.329 e. The number of hydrogen-bond acceptors (Lipinski definition) is 1. The van der Waals surface area contributed by atoms with Crippen LogP contribution < -0.4 is 0 Å². The van der Waals surface area contributed by atoms with Gasteiger partial charge in [0.1, 0.15) is 0 Å². The third-order valence-corrected chi connectivity index (χ3v) is 2.09. The van der Waals surface area contributed by atoms with Gasteiger partial charge in [-0.25, -0.2) is 0 Å². The van der Waals surface area contributed by atoms with Crippen molar-refractivity contribution in [2.45, 2.75) is 25.7 Å². The molecule has 0 unspecified atom stereocenters. The van der Waals surface area contributed by atoms with E-state index in [4.69, 9.17) is 11.6 Å². The Bertz CT molecular complexity index is 119. The second-order valence-electron chi connectivity index (χ2n) is 2.65. The van der Waals surface area contributed by atoms with Gasteiger partial charge in [0.15, 0.2) is 0 Å². The quantitative estimate of drug-likeness (QED) is 0.394. The molecule has 1 rings (SSSR count). The molecule has 0 N–H and O–H groups in total. The Morgan fingerprint density at radius 2 is 1.60 bits per heavy atom. The van der Waals surface area contributed by atoms with Gasteiger partial charge in [-0.3, -0.25) is 4.79 Å². The molecule has 0 radical (unpaired) electrons. The van der Waals surface area contributed by atoms with Gasteiger partial charge < -0.3 is 4.90 Å². The van der Waals surface area contributed by atoms with E-state index in [1.54, 1.807) is 4.90 Å². The minimum absolute atomic E-state index is 0.290. The number of hydrogen-bond donors (Lipinski definition) is 0. The fraction of sp³-hybridized carbons (Fsp3) is 0.857. The van der Waals surface area contributed by atoms with Gasteiger partial charge in [-0.05, 0) is 24.4 Å². The average Bonchev–Trinajstić information content (AvgIpc) is 2.12. The summed E-state index contributed by atoms with van der Waals surface area (Å²) in [5.41, 5.74) is 0. The van der Waals surface area contributed by atoms with Crippen molar-refractivity contribution in [3.05, 3.63) is 0 Å². The van der Waals surface area contributed by atoms with E-state index in [1.165, 1.54) is 12.8 Å². The van der Waals surface area contributed by atoms with E-state index in [-0.39, 0.29) is 5.37 Å². The first-order valence-corrected chi connectivity index (χ1v) is 4.13. The monoisotopic (exact) mass is 161 g/mol. The molecule has 0 atom stereocenters. The lowest BCUT2D eigenvalue weighted by atomic mass is 10.2. The van der Waals surface area contributed by atoms with Gasteiger partial charge in [-0.1, -0.05) is 12.8 Å². The van der Waals surface area contributed by atoms with E-state index in [0.29, 0.717) is 0 Å². The van der Waals surface area contributed by atoms with Gasteiger partial charge in [-0.15, -0.1) is 0 Å². The molecule has 0 bridgehead atoms. The van der Waals surface area contributed by atoms with Crippen LogP contribution in [-0.4, -0.2) is 23.4 Å². The highest BCUT2D eigenvalue weighted by Crippen LogP contribution is 2.10. The molecule has 1 saturated heterocycles. The number of halogens is 1. The van der Waals surface area contributed by atoms with Crippen LogP contribution in [-0.2, 0) is 0 Å². The van der Waals surface area contributed by atoms with Crippen LogP contribution >= 0.6 is 11.6 Å². The average molecular weight is 162 g/mol. The van der Waals surface area contributed by atoms with Crippen LogP contribution in [0, 0.1) is 0 Å². The molecule has 3 heteroatoms. The lowest BCUT2D eigenvalue weighted by Gasteiger charge is -2.15. The molecular formula is C7H12ClNO. The van der Waals surface area contributed by atoms with Crippen molar-refractivity contribution in [2.75, 3.05) is 13.1 Å². The molecular weight excluding hydrogens is 150 g/mol. The summed E-state index contributed by atoms with van der Waals surface area (Å²) >= 11 is 5.32. The highest BCUT2D eigenvalue weighted by molar-refractivity contribution is 6.62. The summed E-state index contributed by atoms with van der Waals surface area (Å²) in [5.74, 6) is 0. The van der Waals surface area contributed by atoms with Gasteiger partial charge in [-0.2, -0.15) is 0 Å². The van der Waals surface area contributed by atoms with Crippen molar-refractivity contribution >= 4 is 17.0 Å². The SMILES string of the molecule is O=C(Cl)N1CCCCCC1. The topological polar surface area (TPSA) is 20.3 Å². The van der Waals surface area contributed by atoms with Gasteiger partial charge in [0.05, 0.1) is 0 Å². The zero-order valence-corrected chi connectivity index (χ0v) is 6.73. The molecule has 58 valence electrons. The van der Waals surface area contributed by atoms with Crippen molar-refractivity contribution in [2.24, 2.45) is 0 Å². The Morgan fingerprint density at radius 1 is 1.10 bits per heavy atom. The maximum absolute atomic E-state index is 10.6. The van der Waals surface area contributed by atoms with Crippen molar-refractivity contribution < 1.29 is 4.79 Å². The smallest absolute Gasteiger partial charge is 0.316 e. The lowest BCUT2D eigenvalue weighted by Crippen LogP contribution is -2.26. The molecule has 1 fully saturated rings. The van der Waals surface area contributed by atoms with E-state index in [1.807, 2.05) is 0 Å². The first-order chi connectivity index (χ1) is 4.80. The highest BCUT2D eigenvalue weighted by atomic mass is 35.5. The Labute approximate surface area is 66.1 Å². The Balaban J connectivity index is 2.35. The van der Waals surface area contributed by atoms with E-state index in [9.17, 15) is 4.79 Å². The maximum Gasteiger partial charge on any atom is 0.316 e. The third-order valence-electron chi connectivity index (χ3n) is 1.85. The summed E-state index contributed by atoms with van der Waals surface area (Å²) in [4.78, 5) is 12.4. The fourth-order valence-corrected chi connectivity index (χ4v) is 1.42. The van der Waals surface area contributed by atoms with Crippen LogP contribution in [0.5, 0.6) is 0 Å². The maximum atomic E-state index is 10.6. The van der Waals surface area contributed by atoms with Crippen LogP contribution in [0.15, 0.2) is 0 Å². The standard InChI is InChI=1S/C7H12ClNO/c8-7(10)9-5-3-1-2-4-6-9/h1-6H2. The van der Waals surface area contributed by atoms with Crippen molar-refractivity contribution in [3.63, 3.8) is 0 Å². The van der Waals surface area contributed by atoms with Crippen LogP contribution in [0.2, 0.25) is 0 Å². The Morgan fingerprint density at radius 3 is 2.00 bits per heavy atom. The third kappa shape index (κ3) is 2.18. The second-order valence-corrected chi connectivity index (χ2v) is 2.98. The summed E-state index contributed by atoms with van der Waals surface area (Å²) in [6.07, 6.45) is 4.69. The second kappa shape index (κ2) is 3.81. The van der Waals surface area contributed by atoms with Crippen LogP contribution in [0.4, 0.5) is 4.79 Å².